The van der Waals surface area contributed by atoms with E-state index in [0.29, 0.717) is 17.4 Å². The van der Waals surface area contributed by atoms with Crippen molar-refractivity contribution < 1.29 is 4.74 Å². The molecule has 1 unspecified atom stereocenters. The first-order chi connectivity index (χ1) is 12.2. The van der Waals surface area contributed by atoms with Crippen LogP contribution in [0.3, 0.4) is 0 Å². The Hall–Kier alpha value is -2.44. The lowest BCUT2D eigenvalue weighted by Crippen LogP contribution is -1.94. The van der Waals surface area contributed by atoms with Gasteiger partial charge in [-0.15, -0.1) is 0 Å². The van der Waals surface area contributed by atoms with Crippen molar-refractivity contribution in [1.82, 2.24) is 0 Å². The second kappa shape index (κ2) is 8.09. The summed E-state index contributed by atoms with van der Waals surface area (Å²) >= 11 is 1.67. The molecular formula is C22H21NOS. The zero-order chi connectivity index (χ0) is 17.6. The average Bonchev–Trinajstić information content (AvgIpc) is 2.67. The molecule has 0 saturated heterocycles. The van der Waals surface area contributed by atoms with Gasteiger partial charge in [-0.1, -0.05) is 49.9 Å². The van der Waals surface area contributed by atoms with Crippen molar-refractivity contribution in [2.45, 2.75) is 31.1 Å². The molecule has 1 atom stereocenters. The highest BCUT2D eigenvalue weighted by Gasteiger charge is 2.03. The minimum absolute atomic E-state index is 0.574. The van der Waals surface area contributed by atoms with E-state index in [4.69, 9.17) is 10.00 Å². The van der Waals surface area contributed by atoms with Gasteiger partial charge in [-0.05, 0) is 65.1 Å². The first-order valence-electron chi connectivity index (χ1n) is 8.49. The zero-order valence-corrected chi connectivity index (χ0v) is 15.3. The van der Waals surface area contributed by atoms with E-state index in [-0.39, 0.29) is 0 Å². The number of hydrogen-bond donors (Lipinski definition) is 0. The van der Waals surface area contributed by atoms with E-state index in [1.165, 1.54) is 5.56 Å². The molecule has 0 spiro atoms. The maximum absolute atomic E-state index is 8.97. The van der Waals surface area contributed by atoms with Crippen LogP contribution in [0.25, 0.3) is 10.8 Å². The Morgan fingerprint density at radius 2 is 1.72 bits per heavy atom. The molecule has 3 aromatic rings. The van der Waals surface area contributed by atoms with E-state index >= 15 is 0 Å². The van der Waals surface area contributed by atoms with Gasteiger partial charge in [0, 0.05) is 4.90 Å². The van der Waals surface area contributed by atoms with Gasteiger partial charge in [0.25, 0.3) is 0 Å². The Morgan fingerprint density at radius 1 is 1.00 bits per heavy atom. The Morgan fingerprint density at radius 3 is 2.44 bits per heavy atom. The van der Waals surface area contributed by atoms with Gasteiger partial charge in [0.05, 0.1) is 11.6 Å². The summed E-state index contributed by atoms with van der Waals surface area (Å²) < 4.78 is 5.85. The molecule has 0 aliphatic heterocycles. The van der Waals surface area contributed by atoms with Crippen LogP contribution in [0.15, 0.2) is 65.6 Å². The number of rotatable bonds is 6. The van der Waals surface area contributed by atoms with Crippen molar-refractivity contribution in [1.29, 1.82) is 5.26 Å². The number of ether oxygens (including phenoxy) is 1. The third-order valence-electron chi connectivity index (χ3n) is 4.45. The predicted octanol–water partition coefficient (Wildman–Crippen LogP) is 6.35. The summed E-state index contributed by atoms with van der Waals surface area (Å²) in [6.45, 7) is 4.45. The van der Waals surface area contributed by atoms with Crippen LogP contribution < -0.4 is 4.74 Å². The van der Waals surface area contributed by atoms with E-state index < -0.39 is 0 Å². The van der Waals surface area contributed by atoms with Crippen LogP contribution in [0.5, 0.6) is 5.75 Å². The molecule has 0 heterocycles. The minimum Gasteiger partial charge on any atom is -0.483 e. The van der Waals surface area contributed by atoms with Crippen LogP contribution in [0.4, 0.5) is 0 Å². The summed E-state index contributed by atoms with van der Waals surface area (Å²) in [6.07, 6.45) is 1.15. The second-order valence-corrected chi connectivity index (χ2v) is 7.12. The molecule has 0 amide bonds. The summed E-state index contributed by atoms with van der Waals surface area (Å²) in [5.74, 6) is 2.06. The number of nitrogens with zero attached hydrogens (tertiary/aromatic N) is 1. The summed E-state index contributed by atoms with van der Waals surface area (Å²) in [4.78, 5) is 1.16. The molecule has 3 aromatic carbocycles. The fraction of sp³-hybridized carbons (Fsp3) is 0.227. The van der Waals surface area contributed by atoms with E-state index in [0.717, 1.165) is 27.8 Å². The van der Waals surface area contributed by atoms with Gasteiger partial charge >= 0.3 is 0 Å². The summed E-state index contributed by atoms with van der Waals surface area (Å²) in [5, 5.41) is 11.2. The third-order valence-corrected chi connectivity index (χ3v) is 5.28. The molecular weight excluding hydrogens is 326 g/mol. The molecule has 0 N–H and O–H groups in total. The minimum atomic E-state index is 0.574. The molecule has 0 aliphatic rings. The Kier molecular flexibility index (Phi) is 5.63. The lowest BCUT2D eigenvalue weighted by Gasteiger charge is -2.11. The molecule has 0 aromatic heterocycles. The molecule has 126 valence electrons. The molecule has 0 bridgehead atoms. The Bertz CT molecular complexity index is 896. The highest BCUT2D eigenvalue weighted by Crippen LogP contribution is 2.26. The Balaban J connectivity index is 1.60. The van der Waals surface area contributed by atoms with Gasteiger partial charge in [0.1, 0.15) is 11.7 Å². The van der Waals surface area contributed by atoms with Crippen LogP contribution in [-0.4, -0.2) is 5.94 Å². The molecule has 25 heavy (non-hydrogen) atoms. The number of hydrogen-bond acceptors (Lipinski definition) is 3. The van der Waals surface area contributed by atoms with Crippen LogP contribution in [0.1, 0.15) is 37.3 Å². The number of thioether (sulfide) groups is 1. The normalized spacial score (nSPS) is 11.9. The number of benzene rings is 3. The van der Waals surface area contributed by atoms with Crippen molar-refractivity contribution >= 4 is 22.5 Å². The van der Waals surface area contributed by atoms with Gasteiger partial charge in [-0.2, -0.15) is 5.26 Å². The van der Waals surface area contributed by atoms with E-state index in [9.17, 15) is 0 Å². The molecule has 0 radical (unpaired) electrons. The van der Waals surface area contributed by atoms with Crippen LogP contribution in [0, 0.1) is 11.3 Å². The van der Waals surface area contributed by atoms with Crippen molar-refractivity contribution in [2.75, 3.05) is 5.94 Å². The van der Waals surface area contributed by atoms with Crippen molar-refractivity contribution in [3.8, 4) is 11.8 Å². The van der Waals surface area contributed by atoms with Gasteiger partial charge in [-0.25, -0.2) is 0 Å². The number of fused-ring (bicyclic) bond motifs is 1. The van der Waals surface area contributed by atoms with Crippen LogP contribution in [0.2, 0.25) is 0 Å². The number of nitriles is 1. The van der Waals surface area contributed by atoms with E-state index in [1.54, 1.807) is 11.8 Å². The average molecular weight is 347 g/mol. The first kappa shape index (κ1) is 17.4. The predicted molar refractivity (Wildman–Crippen MR) is 105 cm³/mol. The largest absolute Gasteiger partial charge is 0.483 e. The van der Waals surface area contributed by atoms with E-state index in [1.807, 2.05) is 30.3 Å². The molecule has 2 nitrogen and oxygen atoms in total. The third kappa shape index (κ3) is 4.35. The summed E-state index contributed by atoms with van der Waals surface area (Å²) in [5.41, 5.74) is 2.05. The summed E-state index contributed by atoms with van der Waals surface area (Å²) in [7, 11) is 0. The van der Waals surface area contributed by atoms with E-state index in [2.05, 4.69) is 50.2 Å². The van der Waals surface area contributed by atoms with Crippen LogP contribution in [-0.2, 0) is 0 Å². The summed E-state index contributed by atoms with van der Waals surface area (Å²) in [6, 6.07) is 22.6. The van der Waals surface area contributed by atoms with Gasteiger partial charge < -0.3 is 4.74 Å². The SMILES string of the molecule is CCC(C)c1ccc(OCSc2ccc3cc(C#N)ccc3c2)cc1. The quantitative estimate of drug-likeness (QED) is 0.384. The van der Waals surface area contributed by atoms with Gasteiger partial charge in [0.15, 0.2) is 0 Å². The smallest absolute Gasteiger partial charge is 0.138 e. The zero-order valence-electron chi connectivity index (χ0n) is 14.5. The maximum Gasteiger partial charge on any atom is 0.138 e. The lowest BCUT2D eigenvalue weighted by molar-refractivity contribution is 0.393. The highest BCUT2D eigenvalue weighted by molar-refractivity contribution is 7.99. The monoisotopic (exact) mass is 347 g/mol. The molecule has 3 heteroatoms. The molecule has 3 rings (SSSR count). The fourth-order valence-corrected chi connectivity index (χ4v) is 3.38. The van der Waals surface area contributed by atoms with Gasteiger partial charge in [0.2, 0.25) is 0 Å². The van der Waals surface area contributed by atoms with Crippen molar-refractivity contribution in [3.63, 3.8) is 0 Å². The standard InChI is InChI=1S/C22H21NOS/c1-3-16(2)18-6-9-21(10-7-18)24-15-25-22-11-8-19-12-17(14-23)4-5-20(19)13-22/h4-13,16H,3,15H2,1-2H3. The topological polar surface area (TPSA) is 33.0 Å². The van der Waals surface area contributed by atoms with Crippen molar-refractivity contribution in [3.05, 3.63) is 71.8 Å². The van der Waals surface area contributed by atoms with Crippen LogP contribution >= 0.6 is 11.8 Å². The molecule has 0 saturated carbocycles. The van der Waals surface area contributed by atoms with Gasteiger partial charge in [-0.3, -0.25) is 0 Å². The lowest BCUT2D eigenvalue weighted by atomic mass is 9.99. The molecule has 0 aliphatic carbocycles. The first-order valence-corrected chi connectivity index (χ1v) is 9.47. The molecule has 0 fully saturated rings. The fourth-order valence-electron chi connectivity index (χ4n) is 2.68. The maximum atomic E-state index is 8.97. The highest BCUT2D eigenvalue weighted by atomic mass is 32.2. The Labute approximate surface area is 153 Å². The second-order valence-electron chi connectivity index (χ2n) is 6.12. The van der Waals surface area contributed by atoms with Crippen molar-refractivity contribution in [2.24, 2.45) is 0 Å².